The average molecular weight is 221 g/mol. The van der Waals surface area contributed by atoms with Crippen molar-refractivity contribution >= 4 is 11.6 Å². The third-order valence-electron chi connectivity index (χ3n) is 2.63. The van der Waals surface area contributed by atoms with Crippen LogP contribution in [0.4, 0.5) is 5.69 Å². The van der Waals surface area contributed by atoms with Crippen molar-refractivity contribution < 1.29 is 9.53 Å². The van der Waals surface area contributed by atoms with Gasteiger partial charge in [-0.2, -0.15) is 0 Å². The number of ether oxygens (including phenoxy) is 1. The zero-order valence-electron chi connectivity index (χ0n) is 9.22. The number of hydrogen-bond donors (Lipinski definition) is 1. The molecule has 1 aromatic rings. The number of hydrogen-bond acceptors (Lipinski definition) is 4. The number of rotatable bonds is 2. The summed E-state index contributed by atoms with van der Waals surface area (Å²) in [5, 5.41) is 0. The van der Waals surface area contributed by atoms with Crippen LogP contribution in [0.5, 0.6) is 0 Å². The van der Waals surface area contributed by atoms with Crippen molar-refractivity contribution in [2.24, 2.45) is 5.73 Å². The predicted molar refractivity (Wildman–Crippen MR) is 60.1 cm³/mol. The minimum atomic E-state index is -0.512. The Morgan fingerprint density at radius 1 is 1.69 bits per heavy atom. The van der Waals surface area contributed by atoms with Gasteiger partial charge in [0.1, 0.15) is 0 Å². The summed E-state index contributed by atoms with van der Waals surface area (Å²) in [4.78, 5) is 17.3. The van der Waals surface area contributed by atoms with Crippen LogP contribution in [0.25, 0.3) is 0 Å². The van der Waals surface area contributed by atoms with Crippen LogP contribution in [0.3, 0.4) is 0 Å². The summed E-state index contributed by atoms with van der Waals surface area (Å²) >= 11 is 0. The van der Waals surface area contributed by atoms with E-state index in [0.717, 1.165) is 17.9 Å². The number of morpholine rings is 1. The van der Waals surface area contributed by atoms with E-state index >= 15 is 0 Å². The van der Waals surface area contributed by atoms with Gasteiger partial charge in [0.2, 0.25) is 5.91 Å². The van der Waals surface area contributed by atoms with E-state index in [1.807, 2.05) is 19.1 Å². The number of carbonyl (C=O) groups excluding carboxylic acids is 1. The number of amides is 1. The number of aryl methyl sites for hydroxylation is 1. The Kier molecular flexibility index (Phi) is 3.05. The number of nitrogens with zero attached hydrogens (tertiary/aromatic N) is 2. The Bertz CT molecular complexity index is 395. The van der Waals surface area contributed by atoms with Crippen LogP contribution in [-0.4, -0.2) is 36.7 Å². The SMILES string of the molecule is Cc1cc(N2CCOC(C(N)=O)C2)ccn1. The molecule has 2 heterocycles. The Labute approximate surface area is 94.2 Å². The molecule has 86 valence electrons. The van der Waals surface area contributed by atoms with Crippen LogP contribution in [0, 0.1) is 6.92 Å². The monoisotopic (exact) mass is 221 g/mol. The molecule has 0 spiro atoms. The fourth-order valence-electron chi connectivity index (χ4n) is 1.78. The molecule has 1 saturated heterocycles. The summed E-state index contributed by atoms with van der Waals surface area (Å²) < 4.78 is 5.29. The maximum Gasteiger partial charge on any atom is 0.248 e. The first kappa shape index (κ1) is 10.9. The van der Waals surface area contributed by atoms with Gasteiger partial charge in [-0.15, -0.1) is 0 Å². The van der Waals surface area contributed by atoms with Crippen molar-refractivity contribution in [3.8, 4) is 0 Å². The van der Waals surface area contributed by atoms with Gasteiger partial charge < -0.3 is 15.4 Å². The van der Waals surface area contributed by atoms with Crippen LogP contribution in [0.1, 0.15) is 5.69 Å². The van der Waals surface area contributed by atoms with Gasteiger partial charge in [-0.1, -0.05) is 0 Å². The van der Waals surface area contributed by atoms with Crippen LogP contribution in [0.15, 0.2) is 18.3 Å². The number of pyridine rings is 1. The van der Waals surface area contributed by atoms with Gasteiger partial charge >= 0.3 is 0 Å². The fourth-order valence-corrected chi connectivity index (χ4v) is 1.78. The topological polar surface area (TPSA) is 68.5 Å². The quantitative estimate of drug-likeness (QED) is 0.768. The second-order valence-corrected chi connectivity index (χ2v) is 3.86. The Hall–Kier alpha value is -1.62. The molecule has 0 radical (unpaired) electrons. The normalized spacial score (nSPS) is 20.8. The molecule has 16 heavy (non-hydrogen) atoms. The zero-order valence-corrected chi connectivity index (χ0v) is 9.22. The van der Waals surface area contributed by atoms with E-state index in [9.17, 15) is 4.79 Å². The molecule has 1 fully saturated rings. The van der Waals surface area contributed by atoms with Gasteiger partial charge in [-0.3, -0.25) is 9.78 Å². The first-order chi connectivity index (χ1) is 7.66. The van der Waals surface area contributed by atoms with E-state index in [1.54, 1.807) is 6.20 Å². The third kappa shape index (κ3) is 2.30. The highest BCUT2D eigenvalue weighted by Gasteiger charge is 2.24. The molecule has 1 aliphatic heterocycles. The number of carbonyl (C=O) groups is 1. The smallest absolute Gasteiger partial charge is 0.248 e. The molecule has 1 aliphatic rings. The molecule has 5 nitrogen and oxygen atoms in total. The first-order valence-electron chi connectivity index (χ1n) is 5.25. The lowest BCUT2D eigenvalue weighted by molar-refractivity contribution is -0.130. The molecular formula is C11H15N3O2. The highest BCUT2D eigenvalue weighted by molar-refractivity contribution is 5.79. The third-order valence-corrected chi connectivity index (χ3v) is 2.63. The maximum absolute atomic E-state index is 11.1. The van der Waals surface area contributed by atoms with Gasteiger partial charge in [-0.05, 0) is 19.1 Å². The summed E-state index contributed by atoms with van der Waals surface area (Å²) in [5.74, 6) is -0.407. The minimum Gasteiger partial charge on any atom is -0.367 e. The molecule has 1 atom stereocenters. The van der Waals surface area contributed by atoms with E-state index in [1.165, 1.54) is 0 Å². The summed E-state index contributed by atoms with van der Waals surface area (Å²) in [6.45, 7) is 3.75. The van der Waals surface area contributed by atoms with Crippen molar-refractivity contribution in [3.05, 3.63) is 24.0 Å². The Morgan fingerprint density at radius 3 is 3.19 bits per heavy atom. The van der Waals surface area contributed by atoms with Crippen molar-refractivity contribution in [2.45, 2.75) is 13.0 Å². The second kappa shape index (κ2) is 4.49. The average Bonchev–Trinajstić information content (AvgIpc) is 2.29. The van der Waals surface area contributed by atoms with Crippen molar-refractivity contribution in [1.82, 2.24) is 4.98 Å². The second-order valence-electron chi connectivity index (χ2n) is 3.86. The van der Waals surface area contributed by atoms with Gasteiger partial charge in [-0.25, -0.2) is 0 Å². The molecule has 1 unspecified atom stereocenters. The Balaban J connectivity index is 2.12. The molecule has 0 aromatic carbocycles. The van der Waals surface area contributed by atoms with Gasteiger partial charge in [0, 0.05) is 24.1 Å². The van der Waals surface area contributed by atoms with E-state index in [4.69, 9.17) is 10.5 Å². The number of nitrogens with two attached hydrogens (primary N) is 1. The molecule has 1 amide bonds. The standard InChI is InChI=1S/C11H15N3O2/c1-8-6-9(2-3-13-8)14-4-5-16-10(7-14)11(12)15/h2-3,6,10H,4-5,7H2,1H3,(H2,12,15). The highest BCUT2D eigenvalue weighted by Crippen LogP contribution is 2.17. The molecule has 0 aliphatic carbocycles. The van der Waals surface area contributed by atoms with Crippen molar-refractivity contribution in [1.29, 1.82) is 0 Å². The van der Waals surface area contributed by atoms with Gasteiger partial charge in [0.15, 0.2) is 6.10 Å². The van der Waals surface area contributed by atoms with Crippen molar-refractivity contribution in [2.75, 3.05) is 24.6 Å². The van der Waals surface area contributed by atoms with Crippen LogP contribution in [-0.2, 0) is 9.53 Å². The number of aromatic nitrogens is 1. The fraction of sp³-hybridized carbons (Fsp3) is 0.455. The largest absolute Gasteiger partial charge is 0.367 e. The highest BCUT2D eigenvalue weighted by atomic mass is 16.5. The van der Waals surface area contributed by atoms with Crippen LogP contribution in [0.2, 0.25) is 0 Å². The Morgan fingerprint density at radius 2 is 2.50 bits per heavy atom. The van der Waals surface area contributed by atoms with E-state index in [2.05, 4.69) is 9.88 Å². The van der Waals surface area contributed by atoms with Gasteiger partial charge in [0.05, 0.1) is 13.2 Å². The summed E-state index contributed by atoms with van der Waals surface area (Å²) in [6, 6.07) is 3.92. The number of anilines is 1. The lowest BCUT2D eigenvalue weighted by atomic mass is 10.2. The minimum absolute atomic E-state index is 0.407. The molecular weight excluding hydrogens is 206 g/mol. The van der Waals surface area contributed by atoms with E-state index in [-0.39, 0.29) is 0 Å². The van der Waals surface area contributed by atoms with E-state index in [0.29, 0.717) is 13.2 Å². The predicted octanol–water partition coefficient (Wildman–Crippen LogP) is 0.0805. The summed E-state index contributed by atoms with van der Waals surface area (Å²) in [6.07, 6.45) is 1.25. The van der Waals surface area contributed by atoms with Crippen LogP contribution < -0.4 is 10.6 Å². The molecule has 0 bridgehead atoms. The molecule has 0 saturated carbocycles. The lowest BCUT2D eigenvalue weighted by Crippen LogP contribution is -2.48. The molecule has 2 rings (SSSR count). The molecule has 5 heteroatoms. The first-order valence-corrected chi connectivity index (χ1v) is 5.25. The molecule has 2 N–H and O–H groups in total. The summed E-state index contributed by atoms with van der Waals surface area (Å²) in [7, 11) is 0. The number of primary amides is 1. The van der Waals surface area contributed by atoms with E-state index < -0.39 is 12.0 Å². The lowest BCUT2D eigenvalue weighted by Gasteiger charge is -2.33. The summed E-state index contributed by atoms with van der Waals surface area (Å²) in [5.41, 5.74) is 7.25. The maximum atomic E-state index is 11.1. The molecule has 1 aromatic heterocycles. The van der Waals surface area contributed by atoms with Crippen LogP contribution >= 0.6 is 0 Å². The van der Waals surface area contributed by atoms with Gasteiger partial charge in [0.25, 0.3) is 0 Å². The van der Waals surface area contributed by atoms with Crippen molar-refractivity contribution in [3.63, 3.8) is 0 Å². The zero-order chi connectivity index (χ0) is 11.5.